The number of imidazole rings is 2. The Kier molecular flexibility index (Phi) is 5.17. The summed E-state index contributed by atoms with van der Waals surface area (Å²) >= 11 is 0. The maximum atomic E-state index is 12.7. The molecule has 3 aromatic heterocycles. The molecule has 0 atom stereocenters. The molecule has 0 saturated heterocycles. The van der Waals surface area contributed by atoms with Crippen molar-refractivity contribution >= 4 is 11.2 Å². The predicted octanol–water partition coefficient (Wildman–Crippen LogP) is 3.77. The number of rotatable bonds is 5. The molecule has 34 heavy (non-hydrogen) atoms. The minimum atomic E-state index is -1.06. The molecule has 0 unspecified atom stereocenters. The summed E-state index contributed by atoms with van der Waals surface area (Å²) in [6, 6.07) is 15.5. The number of aliphatic hydroxyl groups is 1. The quantitative estimate of drug-likeness (QED) is 0.421. The van der Waals surface area contributed by atoms with Gasteiger partial charge in [-0.2, -0.15) is 0 Å². The van der Waals surface area contributed by atoms with Crippen molar-refractivity contribution < 1.29 is 5.11 Å². The average molecular weight is 455 g/mol. The molecule has 8 heteroatoms. The van der Waals surface area contributed by atoms with Gasteiger partial charge < -0.3 is 14.7 Å². The lowest BCUT2D eigenvalue weighted by Crippen LogP contribution is -2.18. The van der Waals surface area contributed by atoms with Crippen LogP contribution >= 0.6 is 0 Å². The Morgan fingerprint density at radius 2 is 1.79 bits per heavy atom. The zero-order valence-electron chi connectivity index (χ0n) is 19.6. The van der Waals surface area contributed by atoms with Gasteiger partial charge in [-0.15, -0.1) is 0 Å². The minimum Gasteiger partial charge on any atom is -0.386 e. The van der Waals surface area contributed by atoms with Crippen molar-refractivity contribution in [1.29, 1.82) is 0 Å². The lowest BCUT2D eigenvalue weighted by atomic mass is 9.93. The molecule has 5 aromatic rings. The van der Waals surface area contributed by atoms with Crippen LogP contribution in [0.3, 0.4) is 0 Å². The molecule has 0 fully saturated rings. The zero-order chi connectivity index (χ0) is 24.0. The Bertz CT molecular complexity index is 1550. The van der Waals surface area contributed by atoms with Gasteiger partial charge in [-0.05, 0) is 31.9 Å². The van der Waals surface area contributed by atoms with Crippen LogP contribution in [0.25, 0.3) is 33.9 Å². The largest absolute Gasteiger partial charge is 0.386 e. The number of benzene rings is 2. The molecule has 0 aliphatic heterocycles. The smallest absolute Gasteiger partial charge is 0.328 e. The first-order chi connectivity index (χ1) is 16.2. The SMILES string of the molecule is Cc1cn(C)c(-c2ccc(Cn3c(=O)[nH]c4cnc(-c5ccccc5C(C)(C)O)nc43)cc2)n1. The van der Waals surface area contributed by atoms with Crippen molar-refractivity contribution in [3.8, 4) is 22.8 Å². The summed E-state index contributed by atoms with van der Waals surface area (Å²) in [5.74, 6) is 1.36. The van der Waals surface area contributed by atoms with Gasteiger partial charge in [0.15, 0.2) is 11.5 Å². The van der Waals surface area contributed by atoms with E-state index >= 15 is 0 Å². The molecule has 0 aliphatic carbocycles. The maximum Gasteiger partial charge on any atom is 0.328 e. The summed E-state index contributed by atoms with van der Waals surface area (Å²) in [4.78, 5) is 29.3. The molecule has 0 aliphatic rings. The first-order valence-corrected chi connectivity index (χ1v) is 11.1. The van der Waals surface area contributed by atoms with Crippen LogP contribution in [-0.2, 0) is 19.2 Å². The Morgan fingerprint density at radius 1 is 1.06 bits per heavy atom. The van der Waals surface area contributed by atoms with Crippen LogP contribution in [0.5, 0.6) is 0 Å². The topological polar surface area (TPSA) is 102 Å². The molecule has 5 rings (SSSR count). The van der Waals surface area contributed by atoms with Gasteiger partial charge in [-0.1, -0.05) is 48.5 Å². The molecule has 0 radical (unpaired) electrons. The normalized spacial score (nSPS) is 11.9. The molecular weight excluding hydrogens is 428 g/mol. The van der Waals surface area contributed by atoms with Gasteiger partial charge in [0.1, 0.15) is 11.3 Å². The van der Waals surface area contributed by atoms with E-state index in [0.717, 1.165) is 33.8 Å². The molecule has 8 nitrogen and oxygen atoms in total. The lowest BCUT2D eigenvalue weighted by Gasteiger charge is -2.20. The summed E-state index contributed by atoms with van der Waals surface area (Å²) < 4.78 is 3.60. The van der Waals surface area contributed by atoms with Crippen LogP contribution in [0.4, 0.5) is 0 Å². The summed E-state index contributed by atoms with van der Waals surface area (Å²) in [5.41, 5.74) is 4.17. The average Bonchev–Trinajstić information content (AvgIpc) is 3.31. The number of aromatic amines is 1. The molecule has 0 amide bonds. The number of H-pyrrole nitrogens is 1. The number of aromatic nitrogens is 6. The highest BCUT2D eigenvalue weighted by atomic mass is 16.3. The van der Waals surface area contributed by atoms with Crippen molar-refractivity contribution in [2.24, 2.45) is 7.05 Å². The van der Waals surface area contributed by atoms with Crippen LogP contribution in [0.1, 0.15) is 30.7 Å². The van der Waals surface area contributed by atoms with E-state index < -0.39 is 5.60 Å². The summed E-state index contributed by atoms with van der Waals surface area (Å²) in [7, 11) is 1.97. The van der Waals surface area contributed by atoms with E-state index in [2.05, 4.69) is 15.0 Å². The second-order valence-electron chi connectivity index (χ2n) is 9.07. The molecule has 2 aromatic carbocycles. The lowest BCUT2D eigenvalue weighted by molar-refractivity contribution is 0.0791. The fourth-order valence-corrected chi connectivity index (χ4v) is 4.26. The number of fused-ring (bicyclic) bond motifs is 1. The second kappa shape index (κ2) is 8.07. The van der Waals surface area contributed by atoms with E-state index in [-0.39, 0.29) is 5.69 Å². The highest BCUT2D eigenvalue weighted by molar-refractivity contribution is 5.74. The van der Waals surface area contributed by atoms with E-state index in [9.17, 15) is 9.90 Å². The number of nitrogens with one attached hydrogen (secondary N) is 1. The van der Waals surface area contributed by atoms with Crippen LogP contribution in [0.15, 0.2) is 65.7 Å². The predicted molar refractivity (Wildman–Crippen MR) is 131 cm³/mol. The molecule has 0 saturated carbocycles. The van der Waals surface area contributed by atoms with Gasteiger partial charge in [0, 0.05) is 24.4 Å². The zero-order valence-corrected chi connectivity index (χ0v) is 19.6. The molecule has 0 bridgehead atoms. The highest BCUT2D eigenvalue weighted by Crippen LogP contribution is 2.30. The first kappa shape index (κ1) is 21.8. The molecule has 172 valence electrons. The first-order valence-electron chi connectivity index (χ1n) is 11.1. The fourth-order valence-electron chi connectivity index (χ4n) is 4.26. The van der Waals surface area contributed by atoms with Gasteiger partial charge in [0.2, 0.25) is 0 Å². The number of nitrogens with zero attached hydrogens (tertiary/aromatic N) is 5. The van der Waals surface area contributed by atoms with Gasteiger partial charge in [0.05, 0.1) is 24.0 Å². The Balaban J connectivity index is 1.52. The minimum absolute atomic E-state index is 0.249. The van der Waals surface area contributed by atoms with Crippen LogP contribution < -0.4 is 5.69 Å². The van der Waals surface area contributed by atoms with Crippen molar-refractivity contribution in [3.05, 3.63) is 88.2 Å². The summed E-state index contributed by atoms with van der Waals surface area (Å²) in [6.45, 7) is 5.79. The van der Waals surface area contributed by atoms with E-state index in [1.807, 2.05) is 73.3 Å². The van der Waals surface area contributed by atoms with Crippen molar-refractivity contribution in [2.75, 3.05) is 0 Å². The molecule has 2 N–H and O–H groups in total. The fraction of sp³-hybridized carbons (Fsp3) is 0.231. The van der Waals surface area contributed by atoms with Crippen LogP contribution in [-0.4, -0.2) is 34.2 Å². The second-order valence-corrected chi connectivity index (χ2v) is 9.07. The van der Waals surface area contributed by atoms with Gasteiger partial charge in [-0.25, -0.2) is 19.7 Å². The van der Waals surface area contributed by atoms with E-state index in [0.29, 0.717) is 23.5 Å². The number of hydrogen-bond donors (Lipinski definition) is 2. The molecular formula is C26H26N6O2. The summed E-state index contributed by atoms with van der Waals surface area (Å²) in [6.07, 6.45) is 3.60. The Labute approximate surface area is 196 Å². The van der Waals surface area contributed by atoms with Crippen LogP contribution in [0.2, 0.25) is 0 Å². The monoisotopic (exact) mass is 454 g/mol. The van der Waals surface area contributed by atoms with E-state index in [4.69, 9.17) is 4.98 Å². The van der Waals surface area contributed by atoms with Crippen molar-refractivity contribution in [1.82, 2.24) is 29.1 Å². The standard InChI is InChI=1S/C26H26N6O2/c1-16-14-31(4)23(28-16)18-11-9-17(10-12-18)15-32-24-21(29-25(32)33)13-27-22(30-24)19-7-5-6-8-20(19)26(2,3)34/h5-14,34H,15H2,1-4H3,(H,29,33). The summed E-state index contributed by atoms with van der Waals surface area (Å²) in [5, 5.41) is 10.6. The third kappa shape index (κ3) is 3.92. The van der Waals surface area contributed by atoms with Gasteiger partial charge >= 0.3 is 5.69 Å². The molecule has 3 heterocycles. The van der Waals surface area contributed by atoms with Gasteiger partial charge in [0.25, 0.3) is 0 Å². The van der Waals surface area contributed by atoms with Crippen LogP contribution in [0, 0.1) is 6.92 Å². The number of hydrogen-bond acceptors (Lipinski definition) is 5. The van der Waals surface area contributed by atoms with E-state index in [1.54, 1.807) is 24.6 Å². The molecule has 0 spiro atoms. The van der Waals surface area contributed by atoms with E-state index in [1.165, 1.54) is 0 Å². The highest BCUT2D eigenvalue weighted by Gasteiger charge is 2.22. The Hall–Kier alpha value is -4.04. The Morgan fingerprint density at radius 3 is 2.47 bits per heavy atom. The van der Waals surface area contributed by atoms with Crippen molar-refractivity contribution in [2.45, 2.75) is 32.9 Å². The third-order valence-corrected chi connectivity index (χ3v) is 5.89. The number of aryl methyl sites for hydroxylation is 2. The van der Waals surface area contributed by atoms with Crippen molar-refractivity contribution in [3.63, 3.8) is 0 Å². The maximum absolute atomic E-state index is 12.7. The van der Waals surface area contributed by atoms with Gasteiger partial charge in [-0.3, -0.25) is 4.57 Å². The third-order valence-electron chi connectivity index (χ3n) is 5.89.